The second-order valence-corrected chi connectivity index (χ2v) is 5.26. The van der Waals surface area contributed by atoms with Crippen LogP contribution in [-0.2, 0) is 6.42 Å². The summed E-state index contributed by atoms with van der Waals surface area (Å²) in [7, 11) is 2.05. The minimum absolute atomic E-state index is 0.261. The molecule has 0 saturated heterocycles. The average molecular weight is 243 g/mol. The van der Waals surface area contributed by atoms with Gasteiger partial charge in [-0.15, -0.1) is 0 Å². The number of fused-ring (bicyclic) bond motifs is 1. The number of hydrogen-bond acceptors (Lipinski definition) is 2. The standard InChI is InChI=1S/C16H21NO/c1-17-16(12-7-3-2-4-8-12)15-11-13-9-5-6-10-14(13)18-15/h5-7,9-10,15-17H,2-4,8,11H2,1H3. The third-order valence-electron chi connectivity index (χ3n) is 4.08. The van der Waals surface area contributed by atoms with Crippen molar-refractivity contribution < 1.29 is 4.74 Å². The highest BCUT2D eigenvalue weighted by Crippen LogP contribution is 2.32. The van der Waals surface area contributed by atoms with Gasteiger partial charge in [-0.1, -0.05) is 29.8 Å². The van der Waals surface area contributed by atoms with Crippen LogP contribution in [0.1, 0.15) is 31.2 Å². The third-order valence-corrected chi connectivity index (χ3v) is 4.08. The van der Waals surface area contributed by atoms with Gasteiger partial charge >= 0.3 is 0 Å². The quantitative estimate of drug-likeness (QED) is 0.824. The Morgan fingerprint density at radius 3 is 2.89 bits per heavy atom. The Kier molecular flexibility index (Phi) is 3.37. The summed E-state index contributed by atoms with van der Waals surface area (Å²) in [5.74, 6) is 1.07. The predicted octanol–water partition coefficient (Wildman–Crippen LogP) is 3.08. The molecule has 2 nitrogen and oxygen atoms in total. The second kappa shape index (κ2) is 5.15. The molecular formula is C16H21NO. The van der Waals surface area contributed by atoms with Crippen molar-refractivity contribution in [2.75, 3.05) is 7.05 Å². The third kappa shape index (κ3) is 2.17. The molecule has 2 aliphatic rings. The number of likely N-dealkylation sites (N-methyl/N-ethyl adjacent to an activating group) is 1. The molecule has 1 aromatic rings. The van der Waals surface area contributed by atoms with E-state index in [2.05, 4.69) is 35.7 Å². The van der Waals surface area contributed by atoms with Crippen molar-refractivity contribution in [2.24, 2.45) is 0 Å². The number of hydrogen-bond donors (Lipinski definition) is 1. The van der Waals surface area contributed by atoms with Crippen molar-refractivity contribution in [3.8, 4) is 5.75 Å². The number of nitrogens with one attached hydrogen (secondary N) is 1. The Bertz CT molecular complexity index is 427. The summed E-state index contributed by atoms with van der Waals surface area (Å²) in [5, 5.41) is 3.46. The molecule has 2 atom stereocenters. The Morgan fingerprint density at radius 1 is 1.28 bits per heavy atom. The molecule has 0 radical (unpaired) electrons. The van der Waals surface area contributed by atoms with Crippen LogP contribution in [0, 0.1) is 0 Å². The lowest BCUT2D eigenvalue weighted by molar-refractivity contribution is 0.195. The van der Waals surface area contributed by atoms with Crippen LogP contribution < -0.4 is 10.1 Å². The first-order valence-corrected chi connectivity index (χ1v) is 6.99. The lowest BCUT2D eigenvalue weighted by Gasteiger charge is -2.27. The minimum Gasteiger partial charge on any atom is -0.488 e. The van der Waals surface area contributed by atoms with Gasteiger partial charge in [0, 0.05) is 6.42 Å². The van der Waals surface area contributed by atoms with Gasteiger partial charge in [0.15, 0.2) is 0 Å². The molecule has 0 spiro atoms. The second-order valence-electron chi connectivity index (χ2n) is 5.26. The van der Waals surface area contributed by atoms with Gasteiger partial charge in [0.05, 0.1) is 6.04 Å². The highest BCUT2D eigenvalue weighted by molar-refractivity contribution is 5.38. The molecule has 1 aromatic carbocycles. The Hall–Kier alpha value is -1.28. The summed E-state index contributed by atoms with van der Waals surface area (Å²) in [6.07, 6.45) is 8.82. The van der Waals surface area contributed by atoms with Crippen molar-refractivity contribution in [3.63, 3.8) is 0 Å². The van der Waals surface area contributed by atoms with Crippen LogP contribution >= 0.6 is 0 Å². The highest BCUT2D eigenvalue weighted by atomic mass is 16.5. The smallest absolute Gasteiger partial charge is 0.123 e. The molecule has 1 aliphatic heterocycles. The molecule has 0 aromatic heterocycles. The first kappa shape index (κ1) is 11.8. The van der Waals surface area contributed by atoms with E-state index in [1.54, 1.807) is 5.57 Å². The molecule has 96 valence electrons. The number of para-hydroxylation sites is 1. The monoisotopic (exact) mass is 243 g/mol. The van der Waals surface area contributed by atoms with Crippen LogP contribution in [-0.4, -0.2) is 19.2 Å². The molecule has 1 aliphatic carbocycles. The largest absolute Gasteiger partial charge is 0.488 e. The fraction of sp³-hybridized carbons (Fsp3) is 0.500. The Labute approximate surface area is 109 Å². The highest BCUT2D eigenvalue weighted by Gasteiger charge is 2.31. The van der Waals surface area contributed by atoms with E-state index in [0.717, 1.165) is 12.2 Å². The summed E-state index contributed by atoms with van der Waals surface area (Å²) in [6, 6.07) is 8.78. The normalized spacial score (nSPS) is 24.1. The minimum atomic E-state index is 0.261. The zero-order valence-electron chi connectivity index (χ0n) is 11.0. The SMILES string of the molecule is CNC(C1=CCCCC1)C1Cc2ccccc2O1. The molecule has 18 heavy (non-hydrogen) atoms. The summed E-state index contributed by atoms with van der Waals surface area (Å²) in [4.78, 5) is 0. The summed E-state index contributed by atoms with van der Waals surface area (Å²) in [6.45, 7) is 0. The summed E-state index contributed by atoms with van der Waals surface area (Å²) in [5.41, 5.74) is 2.89. The molecule has 1 N–H and O–H groups in total. The van der Waals surface area contributed by atoms with Crippen LogP contribution in [0.25, 0.3) is 0 Å². The Morgan fingerprint density at radius 2 is 2.17 bits per heavy atom. The van der Waals surface area contributed by atoms with E-state index in [1.807, 2.05) is 7.05 Å². The zero-order valence-corrected chi connectivity index (χ0v) is 11.0. The average Bonchev–Trinajstić information content (AvgIpc) is 2.84. The molecule has 0 saturated carbocycles. The van der Waals surface area contributed by atoms with Gasteiger partial charge in [0.1, 0.15) is 11.9 Å². The molecule has 0 amide bonds. The zero-order chi connectivity index (χ0) is 12.4. The van der Waals surface area contributed by atoms with Crippen LogP contribution in [0.4, 0.5) is 0 Å². The van der Waals surface area contributed by atoms with Crippen LogP contribution in [0.15, 0.2) is 35.9 Å². The van der Waals surface area contributed by atoms with Gasteiger partial charge in [-0.25, -0.2) is 0 Å². The van der Waals surface area contributed by atoms with Crippen molar-refractivity contribution >= 4 is 0 Å². The van der Waals surface area contributed by atoms with Crippen LogP contribution in [0.5, 0.6) is 5.75 Å². The fourth-order valence-corrected chi connectivity index (χ4v) is 3.15. The van der Waals surface area contributed by atoms with E-state index in [1.165, 1.54) is 31.2 Å². The van der Waals surface area contributed by atoms with Crippen LogP contribution in [0.2, 0.25) is 0 Å². The van der Waals surface area contributed by atoms with Gasteiger partial charge < -0.3 is 10.1 Å². The number of ether oxygens (including phenoxy) is 1. The first-order chi connectivity index (χ1) is 8.88. The lowest BCUT2D eigenvalue weighted by atomic mass is 9.89. The van der Waals surface area contributed by atoms with E-state index in [-0.39, 0.29) is 6.10 Å². The number of rotatable bonds is 3. The summed E-state index contributed by atoms with van der Waals surface area (Å²) >= 11 is 0. The van der Waals surface area contributed by atoms with Gasteiger partial charge in [-0.05, 0) is 44.4 Å². The molecule has 2 unspecified atom stereocenters. The van der Waals surface area contributed by atoms with Gasteiger partial charge in [-0.2, -0.15) is 0 Å². The maximum atomic E-state index is 6.11. The van der Waals surface area contributed by atoms with Crippen molar-refractivity contribution in [1.29, 1.82) is 0 Å². The van der Waals surface area contributed by atoms with Crippen LogP contribution in [0.3, 0.4) is 0 Å². The number of allylic oxidation sites excluding steroid dienone is 1. The molecule has 0 bridgehead atoms. The first-order valence-electron chi connectivity index (χ1n) is 6.99. The van der Waals surface area contributed by atoms with E-state index in [4.69, 9.17) is 4.74 Å². The van der Waals surface area contributed by atoms with Crippen molar-refractivity contribution in [2.45, 2.75) is 44.2 Å². The van der Waals surface area contributed by atoms with Gasteiger partial charge in [0.25, 0.3) is 0 Å². The molecule has 3 rings (SSSR count). The molecule has 2 heteroatoms. The summed E-state index contributed by atoms with van der Waals surface area (Å²) < 4.78 is 6.11. The van der Waals surface area contributed by atoms with E-state index in [0.29, 0.717) is 6.04 Å². The Balaban J connectivity index is 1.77. The molecule has 1 heterocycles. The lowest BCUT2D eigenvalue weighted by Crippen LogP contribution is -2.42. The van der Waals surface area contributed by atoms with E-state index in [9.17, 15) is 0 Å². The molecular weight excluding hydrogens is 222 g/mol. The molecule has 0 fully saturated rings. The van der Waals surface area contributed by atoms with E-state index >= 15 is 0 Å². The van der Waals surface area contributed by atoms with Gasteiger partial charge in [0.2, 0.25) is 0 Å². The van der Waals surface area contributed by atoms with E-state index < -0.39 is 0 Å². The van der Waals surface area contributed by atoms with Crippen molar-refractivity contribution in [3.05, 3.63) is 41.5 Å². The predicted molar refractivity (Wildman–Crippen MR) is 74.0 cm³/mol. The number of benzene rings is 1. The topological polar surface area (TPSA) is 21.3 Å². The fourth-order valence-electron chi connectivity index (χ4n) is 3.15. The maximum absolute atomic E-state index is 6.11. The van der Waals surface area contributed by atoms with Gasteiger partial charge in [-0.3, -0.25) is 0 Å². The van der Waals surface area contributed by atoms with Crippen molar-refractivity contribution in [1.82, 2.24) is 5.32 Å². The maximum Gasteiger partial charge on any atom is 0.123 e.